The molecule has 2 saturated heterocycles. The van der Waals surface area contributed by atoms with Gasteiger partial charge < -0.3 is 64.1 Å². The van der Waals surface area contributed by atoms with E-state index in [4.69, 9.17) is 23.7 Å². The molecule has 2 unspecified atom stereocenters. The van der Waals surface area contributed by atoms with Gasteiger partial charge in [-0.05, 0) is 150 Å². The lowest BCUT2D eigenvalue weighted by atomic mass is 9.45. The summed E-state index contributed by atoms with van der Waals surface area (Å²) in [6.45, 7) is 18.9. The lowest BCUT2D eigenvalue weighted by Crippen LogP contribution is -2.69. The molecule has 0 amide bonds. The van der Waals surface area contributed by atoms with Crippen molar-refractivity contribution in [1.29, 1.82) is 0 Å². The standard InChI is InChI=1S/C56H91FN2O15/c1-15-42-54(11,68)46(64)35(7)59(14)29-30(2)27-53(10,67)47(33(5)44(63)34(6)48(65)72-42)74-49-45(40(58(12)13)25-32(4)71-49)73-43(62)18-16-17-23-70-50(66)56(69)31(3)24-39-38-20-19-36-26-37(60)21-22-51(36,8)55(38,57)41(61)28-52(39,56)9/h21-22,26,30-35,38-42,44-47,49,61,63-64,67-69H,15-20,23-25,27-29H2,1-14H3/t30-,31-,32-,33+,34-,35-,38?,39?,40-,41+,42-,44+,45-,46-,47-,49+,51+,52+,53-,54-,55+,56+/m1/s1. The van der Waals surface area contributed by atoms with Gasteiger partial charge >= 0.3 is 17.9 Å². The van der Waals surface area contributed by atoms with E-state index in [-0.39, 0.29) is 62.9 Å². The van der Waals surface area contributed by atoms with Crippen LogP contribution in [0.3, 0.4) is 0 Å². The summed E-state index contributed by atoms with van der Waals surface area (Å²) in [6, 6.07) is -1.00. The van der Waals surface area contributed by atoms with Crippen LogP contribution in [0, 0.1) is 46.3 Å². The zero-order valence-corrected chi connectivity index (χ0v) is 46.6. The lowest BCUT2D eigenvalue weighted by molar-refractivity contribution is -0.301. The second kappa shape index (κ2) is 22.4. The Kier molecular flexibility index (Phi) is 18.3. The third kappa shape index (κ3) is 10.8. The second-order valence-electron chi connectivity index (χ2n) is 24.8. The summed E-state index contributed by atoms with van der Waals surface area (Å²) < 4.78 is 48.7. The molecule has 74 heavy (non-hydrogen) atoms. The van der Waals surface area contributed by atoms with Crippen molar-refractivity contribution in [2.75, 3.05) is 34.3 Å². The van der Waals surface area contributed by atoms with E-state index in [9.17, 15) is 49.8 Å². The highest BCUT2D eigenvalue weighted by Crippen LogP contribution is 2.70. The number of ketones is 1. The van der Waals surface area contributed by atoms with Crippen molar-refractivity contribution in [2.24, 2.45) is 46.3 Å². The number of cyclic esters (lactones) is 1. The highest BCUT2D eigenvalue weighted by atomic mass is 19.1. The van der Waals surface area contributed by atoms with Crippen molar-refractivity contribution in [1.82, 2.24) is 9.80 Å². The van der Waals surface area contributed by atoms with Crippen LogP contribution >= 0.6 is 0 Å². The minimum absolute atomic E-state index is 0.0850. The monoisotopic (exact) mass is 1050 g/mol. The number of hydrogen-bond donors (Lipinski definition) is 6. The summed E-state index contributed by atoms with van der Waals surface area (Å²) in [5.74, 6) is -6.55. The fourth-order valence-corrected chi connectivity index (χ4v) is 14.7. The number of unbranched alkanes of at least 4 members (excludes halogenated alkanes) is 1. The molecule has 0 aromatic rings. The Balaban J connectivity index is 1.14. The molecule has 0 aromatic heterocycles. The van der Waals surface area contributed by atoms with Crippen molar-refractivity contribution in [3.05, 3.63) is 23.8 Å². The van der Waals surface area contributed by atoms with E-state index in [0.717, 1.165) is 0 Å². The molecule has 18 heteroatoms. The molecule has 0 bridgehead atoms. The largest absolute Gasteiger partial charge is 0.464 e. The number of aliphatic hydroxyl groups is 6. The van der Waals surface area contributed by atoms with Crippen LogP contribution in [0.2, 0.25) is 0 Å². The predicted octanol–water partition coefficient (Wildman–Crippen LogP) is 4.59. The molecule has 22 atom stereocenters. The zero-order chi connectivity index (χ0) is 55.4. The molecule has 3 saturated carbocycles. The Bertz CT molecular complexity index is 2100. The van der Waals surface area contributed by atoms with Crippen molar-refractivity contribution in [3.8, 4) is 0 Å². The highest BCUT2D eigenvalue weighted by Gasteiger charge is 2.76. The Labute approximate surface area is 438 Å². The van der Waals surface area contributed by atoms with Crippen molar-refractivity contribution < 1.29 is 77.9 Å². The summed E-state index contributed by atoms with van der Waals surface area (Å²) >= 11 is 0. The van der Waals surface area contributed by atoms with E-state index in [1.807, 2.05) is 37.7 Å². The van der Waals surface area contributed by atoms with E-state index in [1.165, 1.54) is 26.0 Å². The first-order valence-corrected chi connectivity index (χ1v) is 27.3. The molecule has 6 rings (SSSR count). The maximum atomic E-state index is 17.7. The first-order valence-electron chi connectivity index (χ1n) is 27.3. The summed E-state index contributed by atoms with van der Waals surface area (Å²) in [5, 5.41) is 71.6. The fourth-order valence-electron chi connectivity index (χ4n) is 14.7. The Morgan fingerprint density at radius 3 is 2.24 bits per heavy atom. The number of rotatable bonds is 11. The summed E-state index contributed by atoms with van der Waals surface area (Å²) in [7, 11) is 5.48. The van der Waals surface area contributed by atoms with Gasteiger partial charge in [0, 0.05) is 41.7 Å². The van der Waals surface area contributed by atoms with Gasteiger partial charge in [-0.25, -0.2) is 9.18 Å². The van der Waals surface area contributed by atoms with Crippen LogP contribution in [0.4, 0.5) is 4.39 Å². The molecular formula is C56H91FN2O15. The molecule has 6 aliphatic rings. The fraction of sp³-hybridized carbons (Fsp3) is 0.857. The van der Waals surface area contributed by atoms with Gasteiger partial charge in [0.2, 0.25) is 0 Å². The highest BCUT2D eigenvalue weighted by molar-refractivity contribution is 6.01. The van der Waals surface area contributed by atoms with Crippen molar-refractivity contribution in [2.45, 2.75) is 224 Å². The van der Waals surface area contributed by atoms with Gasteiger partial charge in [-0.3, -0.25) is 14.4 Å². The molecule has 5 fully saturated rings. The van der Waals surface area contributed by atoms with Crippen LogP contribution in [0.5, 0.6) is 0 Å². The van der Waals surface area contributed by atoms with Gasteiger partial charge in [0.25, 0.3) is 0 Å². The Morgan fingerprint density at radius 2 is 1.61 bits per heavy atom. The minimum Gasteiger partial charge on any atom is -0.464 e. The molecule has 17 nitrogen and oxygen atoms in total. The summed E-state index contributed by atoms with van der Waals surface area (Å²) in [5.41, 5.74) is -9.42. The number of esters is 3. The molecule has 4 aliphatic carbocycles. The van der Waals surface area contributed by atoms with E-state index in [2.05, 4.69) is 0 Å². The number of carbonyl (C=O) groups is 4. The van der Waals surface area contributed by atoms with Crippen LogP contribution in [0.1, 0.15) is 140 Å². The second-order valence-corrected chi connectivity index (χ2v) is 24.8. The molecule has 2 aliphatic heterocycles. The van der Waals surface area contributed by atoms with Crippen LogP contribution in [0.15, 0.2) is 23.8 Å². The van der Waals surface area contributed by atoms with Gasteiger partial charge in [0.15, 0.2) is 29.4 Å². The topological polar surface area (TPSA) is 242 Å². The van der Waals surface area contributed by atoms with Gasteiger partial charge in [-0.2, -0.15) is 0 Å². The van der Waals surface area contributed by atoms with E-state index in [1.54, 1.807) is 61.6 Å². The smallest absolute Gasteiger partial charge is 0.338 e. The lowest BCUT2D eigenvalue weighted by Gasteiger charge is -2.62. The number of carbonyl (C=O) groups excluding carboxylic acids is 4. The molecule has 0 aromatic carbocycles. The summed E-state index contributed by atoms with van der Waals surface area (Å²) in [6.07, 6.45) is -2.69. The van der Waals surface area contributed by atoms with Crippen molar-refractivity contribution in [3.63, 3.8) is 0 Å². The number of hydrogen-bond acceptors (Lipinski definition) is 17. The quantitative estimate of drug-likeness (QED) is 0.0942. The molecule has 0 radical (unpaired) electrons. The first-order chi connectivity index (χ1) is 34.2. The van der Waals surface area contributed by atoms with Gasteiger partial charge in [-0.1, -0.05) is 46.3 Å². The first kappa shape index (κ1) is 60.3. The number of nitrogens with zero attached hydrogens (tertiary/aromatic N) is 2. The number of alkyl halides is 1. The Hall–Kier alpha value is -2.91. The SMILES string of the molecule is CC[C@H]1OC(=O)[C@H](C)[C@@H](O)[C@H](C)[C@@H](O[C@@H]2O[C@H](C)C[C@@H](N(C)C)[C@H]2OC(=O)CCCCOC(=O)[C@@]2(O)[C@H](C)CC3C4CCC5=CC(=O)C=C[C@]5(C)[C@@]4(F)[C@@H](O)C[C@@]32C)[C@](C)(O)C[C@@H](C)CN(C)[C@H](C)[C@@H](O)[C@]1(C)O. The maximum Gasteiger partial charge on any atom is 0.338 e. The van der Waals surface area contributed by atoms with E-state index in [0.29, 0.717) is 37.8 Å². The molecular weight excluding hydrogens is 960 g/mol. The van der Waals surface area contributed by atoms with Crippen molar-refractivity contribution >= 4 is 23.7 Å². The third-order valence-corrected chi connectivity index (χ3v) is 19.2. The van der Waals surface area contributed by atoms with Crippen LogP contribution in [-0.4, -0.2) is 182 Å². The third-order valence-electron chi connectivity index (χ3n) is 19.2. The number of ether oxygens (including phenoxy) is 5. The normalized spacial score (nSPS) is 47.6. The molecule has 422 valence electrons. The van der Waals surface area contributed by atoms with E-state index < -0.39 is 136 Å². The minimum atomic E-state index is -2.11. The zero-order valence-electron chi connectivity index (χ0n) is 46.6. The molecule has 0 spiro atoms. The molecule has 6 N–H and O–H groups in total. The van der Waals surface area contributed by atoms with E-state index >= 15 is 4.39 Å². The number of aliphatic hydroxyl groups excluding tert-OH is 3. The number of likely N-dealkylation sites (N-methyl/N-ethyl adjacent to an activating group) is 2. The van der Waals surface area contributed by atoms with Gasteiger partial charge in [0.1, 0.15) is 17.8 Å². The molecule has 2 heterocycles. The van der Waals surface area contributed by atoms with Crippen LogP contribution in [-0.2, 0) is 42.9 Å². The predicted molar refractivity (Wildman–Crippen MR) is 271 cm³/mol. The van der Waals surface area contributed by atoms with Gasteiger partial charge in [-0.15, -0.1) is 0 Å². The maximum absolute atomic E-state index is 17.7. The number of allylic oxidation sites excluding steroid dienone is 4. The average molecular weight is 1050 g/mol. The van der Waals surface area contributed by atoms with Gasteiger partial charge in [0.05, 0.1) is 48.6 Å². The number of fused-ring (bicyclic) bond motifs is 5. The van der Waals surface area contributed by atoms with Crippen LogP contribution in [0.25, 0.3) is 0 Å². The average Bonchev–Trinajstić information content (AvgIpc) is 3.52. The Morgan fingerprint density at radius 1 is 0.946 bits per heavy atom. The van der Waals surface area contributed by atoms with Crippen LogP contribution < -0.4 is 0 Å². The summed E-state index contributed by atoms with van der Waals surface area (Å²) in [4.78, 5) is 57.7. The number of halogens is 1.